The first kappa shape index (κ1) is 16.2. The summed E-state index contributed by atoms with van der Waals surface area (Å²) in [5, 5.41) is 11.9. The highest BCUT2D eigenvalue weighted by Gasteiger charge is 2.94. The zero-order valence-electron chi connectivity index (χ0n) is 16.1. The Morgan fingerprint density at radius 3 is 2.18 bits per heavy atom. The fourth-order valence-electron chi connectivity index (χ4n) is 5.73. The van der Waals surface area contributed by atoms with E-state index in [0.29, 0.717) is 5.25 Å². The first-order valence-electron chi connectivity index (χ1n) is 10.6. The lowest BCUT2D eigenvalue weighted by Crippen LogP contribution is -1.94. The van der Waals surface area contributed by atoms with Crippen molar-refractivity contribution >= 4 is 55.0 Å². The van der Waals surface area contributed by atoms with Crippen LogP contribution in [0, 0.1) is 0 Å². The van der Waals surface area contributed by atoms with Gasteiger partial charge in [-0.25, -0.2) is 10.0 Å². The topological polar surface area (TPSA) is 0 Å². The molecule has 4 aromatic carbocycles. The van der Waals surface area contributed by atoms with Gasteiger partial charge in [-0.15, -0.1) is 0 Å². The van der Waals surface area contributed by atoms with Gasteiger partial charge in [0, 0.05) is 21.0 Å². The van der Waals surface area contributed by atoms with Crippen molar-refractivity contribution in [2.75, 3.05) is 5.75 Å². The summed E-state index contributed by atoms with van der Waals surface area (Å²) in [7, 11) is -0.0629. The highest BCUT2D eigenvalue weighted by Crippen LogP contribution is 3.14. The normalized spacial score (nSPS) is 32.6. The van der Waals surface area contributed by atoms with Crippen LogP contribution in [0.25, 0.3) is 32.3 Å². The molecule has 140 valence electrons. The Balaban J connectivity index is 1.43. The predicted octanol–water partition coefficient (Wildman–Crippen LogP) is 7.54. The van der Waals surface area contributed by atoms with E-state index in [4.69, 9.17) is 12.6 Å². The largest absolute Gasteiger partial charge is 0.222 e. The molecule has 0 amide bonds. The van der Waals surface area contributed by atoms with E-state index in [1.807, 2.05) is 0 Å². The van der Waals surface area contributed by atoms with Crippen LogP contribution in [0.3, 0.4) is 0 Å². The Kier molecular flexibility index (Phi) is 3.06. The van der Waals surface area contributed by atoms with E-state index in [9.17, 15) is 0 Å². The Morgan fingerprint density at radius 1 is 0.893 bits per heavy atom. The summed E-state index contributed by atoms with van der Waals surface area (Å²) in [5.74, 6) is 1.59. The molecule has 28 heavy (non-hydrogen) atoms. The standard InChI is InChI=1S/C26H24S2/c1-2-3-23(27)17-6-4-15-8-11-20-19(21(15)12-17)10-9-16-5-7-18(13-22(16)20)25-26-24-14-28(24,25)26/h4-13,23-27H,2-3,14H2,1H3. The van der Waals surface area contributed by atoms with Gasteiger partial charge in [0.05, 0.1) is 0 Å². The van der Waals surface area contributed by atoms with Crippen molar-refractivity contribution in [2.45, 2.75) is 40.8 Å². The van der Waals surface area contributed by atoms with Crippen molar-refractivity contribution in [1.29, 1.82) is 0 Å². The molecule has 0 nitrogen and oxygen atoms in total. The molecule has 0 N–H and O–H groups in total. The van der Waals surface area contributed by atoms with Crippen LogP contribution in [-0.2, 0) is 0 Å². The lowest BCUT2D eigenvalue weighted by atomic mass is 9.93. The lowest BCUT2D eigenvalue weighted by molar-refractivity contribution is 0.783. The van der Waals surface area contributed by atoms with Gasteiger partial charge in [0.15, 0.2) is 0 Å². The van der Waals surface area contributed by atoms with Crippen LogP contribution in [-0.4, -0.2) is 16.3 Å². The minimum atomic E-state index is -0.0629. The smallest absolute Gasteiger partial charge is 0.0267 e. The number of fused-ring (bicyclic) bond motifs is 6. The molecule has 3 aliphatic heterocycles. The van der Waals surface area contributed by atoms with Crippen LogP contribution in [0.5, 0.6) is 0 Å². The molecule has 3 fully saturated rings. The summed E-state index contributed by atoms with van der Waals surface area (Å²) in [6.45, 7) is 2.23. The van der Waals surface area contributed by atoms with Gasteiger partial charge in [0.25, 0.3) is 0 Å². The van der Waals surface area contributed by atoms with E-state index >= 15 is 0 Å². The average Bonchev–Trinajstić information content (AvgIpc) is 3.65. The zero-order chi connectivity index (χ0) is 18.6. The summed E-state index contributed by atoms with van der Waals surface area (Å²) >= 11 is 4.85. The van der Waals surface area contributed by atoms with Gasteiger partial charge >= 0.3 is 0 Å². The van der Waals surface area contributed by atoms with Crippen LogP contribution >= 0.6 is 22.7 Å². The summed E-state index contributed by atoms with van der Waals surface area (Å²) in [6, 6.07) is 23.5. The van der Waals surface area contributed by atoms with Gasteiger partial charge < -0.3 is 0 Å². The number of hydrogen-bond donors (Lipinski definition) is 1. The fraction of sp³-hybridized carbons (Fsp3) is 0.308. The second-order valence-corrected chi connectivity index (χ2v) is 13.4. The molecule has 3 heterocycles. The van der Waals surface area contributed by atoms with E-state index < -0.39 is 0 Å². The Morgan fingerprint density at radius 2 is 1.54 bits per heavy atom. The third-order valence-corrected chi connectivity index (χ3v) is 12.7. The minimum Gasteiger partial charge on any atom is -0.222 e. The minimum absolute atomic E-state index is 0.0629. The van der Waals surface area contributed by atoms with Gasteiger partial charge in [-0.1, -0.05) is 61.9 Å². The molecule has 0 bridgehead atoms. The molecule has 2 heteroatoms. The van der Waals surface area contributed by atoms with Crippen molar-refractivity contribution < 1.29 is 0 Å². The summed E-state index contributed by atoms with van der Waals surface area (Å²) in [6.07, 6.45) is 2.29. The fourth-order valence-corrected chi connectivity index (χ4v) is 11.3. The Bertz CT molecular complexity index is 1310. The summed E-state index contributed by atoms with van der Waals surface area (Å²) < 4.78 is 0. The van der Waals surface area contributed by atoms with Crippen LogP contribution < -0.4 is 0 Å². The third-order valence-electron chi connectivity index (χ3n) is 7.55. The van der Waals surface area contributed by atoms with E-state index in [0.717, 1.165) is 16.9 Å². The summed E-state index contributed by atoms with van der Waals surface area (Å²) in [4.78, 5) is 0. The van der Waals surface area contributed by atoms with Gasteiger partial charge in [-0.05, 0) is 67.8 Å². The van der Waals surface area contributed by atoms with Crippen molar-refractivity contribution in [1.82, 2.24) is 0 Å². The van der Waals surface area contributed by atoms with Gasteiger partial charge in [-0.3, -0.25) is 0 Å². The molecule has 1 spiro atoms. The quantitative estimate of drug-likeness (QED) is 0.204. The number of thiol groups is 1. The molecule has 7 rings (SSSR count). The van der Waals surface area contributed by atoms with Gasteiger partial charge in [0.2, 0.25) is 0 Å². The van der Waals surface area contributed by atoms with E-state index in [1.54, 1.807) is 11.3 Å². The van der Waals surface area contributed by atoms with Crippen LogP contribution in [0.4, 0.5) is 0 Å². The summed E-state index contributed by atoms with van der Waals surface area (Å²) in [5.41, 5.74) is 2.97. The van der Waals surface area contributed by atoms with Gasteiger partial charge in [0.1, 0.15) is 0 Å². The maximum Gasteiger partial charge on any atom is 0.0267 e. The number of rotatable bonds is 4. The van der Waals surface area contributed by atoms with Crippen LogP contribution in [0.15, 0.2) is 60.7 Å². The second kappa shape index (κ2) is 5.29. The third kappa shape index (κ3) is 1.96. The van der Waals surface area contributed by atoms with Crippen molar-refractivity contribution in [3.8, 4) is 0 Å². The predicted molar refractivity (Wildman–Crippen MR) is 128 cm³/mol. The first-order valence-corrected chi connectivity index (χ1v) is 13.1. The van der Waals surface area contributed by atoms with Crippen molar-refractivity contribution in [2.24, 2.45) is 0 Å². The molecular formula is C26H24S2. The average molecular weight is 401 g/mol. The molecular weight excluding hydrogens is 376 g/mol. The number of hydrogen-bond acceptors (Lipinski definition) is 1. The van der Waals surface area contributed by atoms with Crippen LogP contribution in [0.1, 0.15) is 41.4 Å². The highest BCUT2D eigenvalue weighted by atomic mass is 32.3. The maximum atomic E-state index is 4.85. The lowest BCUT2D eigenvalue weighted by Gasteiger charge is -2.13. The second-order valence-electron chi connectivity index (χ2n) is 8.99. The monoisotopic (exact) mass is 400 g/mol. The Hall–Kier alpha value is -1.64. The molecule has 3 aliphatic rings. The van der Waals surface area contributed by atoms with E-state index in [1.165, 1.54) is 49.6 Å². The molecule has 0 aromatic heterocycles. The molecule has 3 saturated heterocycles. The van der Waals surface area contributed by atoms with Crippen molar-refractivity contribution in [3.05, 3.63) is 71.8 Å². The van der Waals surface area contributed by atoms with Crippen LogP contribution in [0.2, 0.25) is 0 Å². The molecule has 0 saturated carbocycles. The molecule has 5 unspecified atom stereocenters. The SMILES string of the molecule is CCCC(S)c1ccc2ccc3c4cc(C5C6C7CS756)ccc4ccc3c2c1. The van der Waals surface area contributed by atoms with Crippen molar-refractivity contribution in [3.63, 3.8) is 0 Å². The molecule has 0 aliphatic carbocycles. The molecule has 0 radical (unpaired) electrons. The maximum absolute atomic E-state index is 4.85. The highest BCUT2D eigenvalue weighted by molar-refractivity contribution is 8.53. The van der Waals surface area contributed by atoms with E-state index in [-0.39, 0.29) is 10.0 Å². The number of benzene rings is 4. The molecule has 4 aromatic rings. The zero-order valence-corrected chi connectivity index (χ0v) is 17.8. The molecule has 5 atom stereocenters. The van der Waals surface area contributed by atoms with Gasteiger partial charge in [-0.2, -0.15) is 12.6 Å². The van der Waals surface area contributed by atoms with E-state index in [2.05, 4.69) is 67.6 Å². The first-order chi connectivity index (χ1) is 13.7. The Labute approximate surface area is 173 Å².